The van der Waals surface area contributed by atoms with Gasteiger partial charge in [-0.1, -0.05) is 41.4 Å². The second-order valence-corrected chi connectivity index (χ2v) is 9.17. The van der Waals surface area contributed by atoms with Crippen LogP contribution in [-0.4, -0.2) is 23.2 Å². The lowest BCUT2D eigenvalue weighted by molar-refractivity contribution is -0.123. The van der Waals surface area contributed by atoms with Crippen LogP contribution < -0.4 is 9.47 Å². The van der Waals surface area contributed by atoms with Crippen molar-refractivity contribution in [3.8, 4) is 11.5 Å². The molecule has 1 aliphatic heterocycles. The van der Waals surface area contributed by atoms with Gasteiger partial charge in [-0.25, -0.2) is 8.78 Å². The molecule has 10 heteroatoms. The van der Waals surface area contributed by atoms with Crippen LogP contribution in [0.15, 0.2) is 59.5 Å². The summed E-state index contributed by atoms with van der Waals surface area (Å²) in [4.78, 5) is 26.4. The van der Waals surface area contributed by atoms with Crippen molar-refractivity contribution >= 4 is 52.2 Å². The number of rotatable bonds is 7. The van der Waals surface area contributed by atoms with Crippen LogP contribution in [0.5, 0.6) is 11.5 Å². The van der Waals surface area contributed by atoms with Gasteiger partial charge in [0.2, 0.25) is 0 Å². The van der Waals surface area contributed by atoms with E-state index in [4.69, 9.17) is 32.7 Å². The molecule has 2 amide bonds. The molecule has 5 nitrogen and oxygen atoms in total. The van der Waals surface area contributed by atoms with Gasteiger partial charge in [-0.15, -0.1) is 0 Å². The number of nitrogens with zero attached hydrogens (tertiary/aromatic N) is 1. The molecular weight excluding hydrogens is 519 g/mol. The summed E-state index contributed by atoms with van der Waals surface area (Å²) in [5, 5.41) is -0.160. The molecule has 0 N–H and O–H groups in total. The monoisotopic (exact) mass is 535 g/mol. The first kappa shape index (κ1) is 25.0. The Morgan fingerprint density at radius 2 is 1.60 bits per heavy atom. The fourth-order valence-corrected chi connectivity index (χ4v) is 4.62. The van der Waals surface area contributed by atoms with Crippen LogP contribution in [0, 0.1) is 11.6 Å². The third-order valence-electron chi connectivity index (χ3n) is 5.17. The number of ether oxygens (including phenoxy) is 2. The number of benzene rings is 3. The van der Waals surface area contributed by atoms with E-state index < -0.39 is 22.8 Å². The Balaban J connectivity index is 1.52. The zero-order valence-corrected chi connectivity index (χ0v) is 20.5. The number of amides is 2. The molecule has 35 heavy (non-hydrogen) atoms. The van der Waals surface area contributed by atoms with Gasteiger partial charge in [0.15, 0.2) is 11.5 Å². The standard InChI is InChI=1S/C25H17Cl2F2NO4S/c1-33-22-10-14(8-9-21(22)34-13-16-18(27)5-3-7-20(16)29)11-23-24(31)30(25(32)35-23)12-15-17(26)4-2-6-19(15)28/h2-11H,12-13H2,1H3/b23-11-. The van der Waals surface area contributed by atoms with Gasteiger partial charge in [0, 0.05) is 16.1 Å². The minimum absolute atomic E-state index is 0.0656. The number of methoxy groups -OCH3 is 1. The highest BCUT2D eigenvalue weighted by Crippen LogP contribution is 2.36. The molecule has 1 saturated heterocycles. The Morgan fingerprint density at radius 3 is 2.23 bits per heavy atom. The van der Waals surface area contributed by atoms with Crippen LogP contribution in [-0.2, 0) is 17.9 Å². The number of carbonyl (C=O) groups excluding carboxylic acids is 2. The van der Waals surface area contributed by atoms with Crippen molar-refractivity contribution < 1.29 is 27.8 Å². The fourth-order valence-electron chi connectivity index (χ4n) is 3.34. The second kappa shape index (κ2) is 10.7. The highest BCUT2D eigenvalue weighted by atomic mass is 35.5. The predicted octanol–water partition coefficient (Wildman–Crippen LogP) is 7.10. The van der Waals surface area contributed by atoms with Gasteiger partial charge in [0.1, 0.15) is 18.2 Å². The molecule has 0 bridgehead atoms. The highest BCUT2D eigenvalue weighted by molar-refractivity contribution is 8.18. The molecule has 0 unspecified atom stereocenters. The van der Waals surface area contributed by atoms with Gasteiger partial charge in [0.05, 0.1) is 23.6 Å². The van der Waals surface area contributed by atoms with Gasteiger partial charge in [-0.05, 0) is 59.8 Å². The lowest BCUT2D eigenvalue weighted by atomic mass is 10.1. The van der Waals surface area contributed by atoms with Crippen LogP contribution in [0.1, 0.15) is 16.7 Å². The summed E-state index contributed by atoms with van der Waals surface area (Å²) in [6.07, 6.45) is 1.52. The summed E-state index contributed by atoms with van der Waals surface area (Å²) in [5.74, 6) is -0.972. The van der Waals surface area contributed by atoms with Gasteiger partial charge >= 0.3 is 0 Å². The Kier molecular flexibility index (Phi) is 7.64. The zero-order valence-electron chi connectivity index (χ0n) is 18.2. The molecule has 0 aromatic heterocycles. The smallest absolute Gasteiger partial charge is 0.293 e. The summed E-state index contributed by atoms with van der Waals surface area (Å²) >= 11 is 12.8. The van der Waals surface area contributed by atoms with Crippen molar-refractivity contribution in [3.63, 3.8) is 0 Å². The molecule has 0 aliphatic carbocycles. The van der Waals surface area contributed by atoms with E-state index in [-0.39, 0.29) is 39.2 Å². The van der Waals surface area contributed by atoms with Crippen LogP contribution in [0.3, 0.4) is 0 Å². The molecule has 0 spiro atoms. The van der Waals surface area contributed by atoms with E-state index in [9.17, 15) is 18.4 Å². The summed E-state index contributed by atoms with van der Waals surface area (Å²) in [6, 6.07) is 13.4. The van der Waals surface area contributed by atoms with Gasteiger partial charge in [-0.3, -0.25) is 14.5 Å². The van der Waals surface area contributed by atoms with Crippen LogP contribution >= 0.6 is 35.0 Å². The molecule has 0 saturated carbocycles. The van der Waals surface area contributed by atoms with E-state index in [0.717, 1.165) is 16.7 Å². The number of imide groups is 1. The third kappa shape index (κ3) is 5.45. The van der Waals surface area contributed by atoms with E-state index in [1.165, 1.54) is 43.5 Å². The molecule has 3 aromatic carbocycles. The van der Waals surface area contributed by atoms with Crippen LogP contribution in [0.2, 0.25) is 10.0 Å². The van der Waals surface area contributed by atoms with Gasteiger partial charge < -0.3 is 9.47 Å². The molecular formula is C25H17Cl2F2NO4S. The van der Waals surface area contributed by atoms with E-state index >= 15 is 0 Å². The van der Waals surface area contributed by atoms with Crippen molar-refractivity contribution in [1.29, 1.82) is 0 Å². The Morgan fingerprint density at radius 1 is 0.943 bits per heavy atom. The van der Waals surface area contributed by atoms with E-state index in [1.54, 1.807) is 24.3 Å². The maximum Gasteiger partial charge on any atom is 0.293 e. The Hall–Kier alpha value is -3.07. The van der Waals surface area contributed by atoms with Crippen molar-refractivity contribution in [2.45, 2.75) is 13.2 Å². The predicted molar refractivity (Wildman–Crippen MR) is 132 cm³/mol. The molecule has 0 radical (unpaired) electrons. The zero-order chi connectivity index (χ0) is 25.1. The van der Waals surface area contributed by atoms with Gasteiger partial charge in [0.25, 0.3) is 11.1 Å². The maximum atomic E-state index is 14.1. The molecule has 1 aliphatic rings. The minimum atomic E-state index is -0.600. The first-order chi connectivity index (χ1) is 16.8. The number of hydrogen-bond acceptors (Lipinski definition) is 5. The Labute approximate surface area is 214 Å². The van der Waals surface area contributed by atoms with Gasteiger partial charge in [-0.2, -0.15) is 0 Å². The molecule has 180 valence electrons. The topological polar surface area (TPSA) is 55.8 Å². The van der Waals surface area contributed by atoms with Crippen LogP contribution in [0.25, 0.3) is 6.08 Å². The molecule has 0 atom stereocenters. The molecule has 1 fully saturated rings. The van der Waals surface area contributed by atoms with E-state index in [1.807, 2.05) is 0 Å². The molecule has 1 heterocycles. The lowest BCUT2D eigenvalue weighted by Crippen LogP contribution is -2.28. The summed E-state index contributed by atoms with van der Waals surface area (Å²) < 4.78 is 39.2. The number of hydrogen-bond donors (Lipinski definition) is 0. The molecule has 3 aromatic rings. The number of halogens is 4. The number of carbonyl (C=O) groups is 2. The SMILES string of the molecule is COc1cc(/C=C2\SC(=O)N(Cc3c(F)cccc3Cl)C2=O)ccc1OCc1c(F)cccc1Cl. The van der Waals surface area contributed by atoms with E-state index in [2.05, 4.69) is 0 Å². The first-order valence-electron chi connectivity index (χ1n) is 10.2. The highest BCUT2D eigenvalue weighted by Gasteiger charge is 2.36. The average molecular weight is 536 g/mol. The van der Waals surface area contributed by atoms with Crippen molar-refractivity contribution in [2.24, 2.45) is 0 Å². The summed E-state index contributed by atoms with van der Waals surface area (Å²) in [7, 11) is 1.44. The lowest BCUT2D eigenvalue weighted by Gasteiger charge is -2.14. The van der Waals surface area contributed by atoms with Crippen molar-refractivity contribution in [3.05, 3.63) is 97.9 Å². The van der Waals surface area contributed by atoms with E-state index in [0.29, 0.717) is 17.1 Å². The van der Waals surface area contributed by atoms with Crippen molar-refractivity contribution in [2.75, 3.05) is 7.11 Å². The fraction of sp³-hybridized carbons (Fsp3) is 0.120. The minimum Gasteiger partial charge on any atom is -0.493 e. The number of thioether (sulfide) groups is 1. The second-order valence-electron chi connectivity index (χ2n) is 7.37. The Bertz CT molecular complexity index is 1310. The average Bonchev–Trinajstić information content (AvgIpc) is 3.08. The maximum absolute atomic E-state index is 14.1. The molecule has 4 rings (SSSR count). The normalized spacial score (nSPS) is 14.7. The van der Waals surface area contributed by atoms with Crippen molar-refractivity contribution in [1.82, 2.24) is 4.90 Å². The quantitative estimate of drug-likeness (QED) is 0.302. The first-order valence-corrected chi connectivity index (χ1v) is 11.8. The third-order valence-corrected chi connectivity index (χ3v) is 6.79. The largest absolute Gasteiger partial charge is 0.493 e. The summed E-state index contributed by atoms with van der Waals surface area (Å²) in [6.45, 7) is -0.388. The summed E-state index contributed by atoms with van der Waals surface area (Å²) in [5.41, 5.74) is 0.840. The van der Waals surface area contributed by atoms with Crippen LogP contribution in [0.4, 0.5) is 13.6 Å².